The fourth-order valence-electron chi connectivity index (χ4n) is 1.56. The zero-order valence-corrected chi connectivity index (χ0v) is 11.2. The third-order valence-corrected chi connectivity index (χ3v) is 2.61. The molecule has 0 aromatic heterocycles. The number of nitrogens with two attached hydrogens (primary N) is 1. The number of amides is 1. The van der Waals surface area contributed by atoms with Crippen LogP contribution in [0.1, 0.15) is 18.4 Å². The van der Waals surface area contributed by atoms with Crippen molar-refractivity contribution in [3.05, 3.63) is 35.9 Å². The van der Waals surface area contributed by atoms with E-state index >= 15 is 0 Å². The molecule has 0 aliphatic heterocycles. The molecule has 0 saturated heterocycles. The first-order valence-corrected chi connectivity index (χ1v) is 6.46. The lowest BCUT2D eigenvalue weighted by molar-refractivity contribution is -0.139. The topological polar surface area (TPSA) is 102 Å². The minimum absolute atomic E-state index is 0.365. The summed E-state index contributed by atoms with van der Waals surface area (Å²) in [5.74, 6) is -1.53. The molecule has 1 aromatic rings. The number of ether oxygens (including phenoxy) is 1. The van der Waals surface area contributed by atoms with Crippen molar-refractivity contribution in [1.29, 1.82) is 0 Å². The molecule has 0 aliphatic carbocycles. The molecule has 1 atom stereocenters. The molecule has 0 aliphatic rings. The molecule has 0 bridgehead atoms. The summed E-state index contributed by atoms with van der Waals surface area (Å²) >= 11 is 0. The van der Waals surface area contributed by atoms with Crippen molar-refractivity contribution < 1.29 is 19.4 Å². The van der Waals surface area contributed by atoms with E-state index in [0.717, 1.165) is 5.56 Å². The predicted molar refractivity (Wildman–Crippen MR) is 74.0 cm³/mol. The summed E-state index contributed by atoms with van der Waals surface area (Å²) in [6.45, 7) is 1.47. The number of hydrogen-bond acceptors (Lipinski definition) is 4. The number of nitrogens with one attached hydrogen (secondary N) is 1. The minimum Gasteiger partial charge on any atom is -0.481 e. The molecule has 6 heteroatoms. The molecule has 1 unspecified atom stereocenters. The van der Waals surface area contributed by atoms with E-state index in [1.807, 2.05) is 30.3 Å². The van der Waals surface area contributed by atoms with Crippen LogP contribution in [0.15, 0.2) is 30.3 Å². The number of benzene rings is 1. The summed E-state index contributed by atoms with van der Waals surface area (Å²) in [6.07, 6.45) is 0.286. The molecule has 110 valence electrons. The Kier molecular flexibility index (Phi) is 7.31. The zero-order valence-electron chi connectivity index (χ0n) is 11.2. The van der Waals surface area contributed by atoms with Gasteiger partial charge in [-0.1, -0.05) is 30.3 Å². The highest BCUT2D eigenvalue weighted by atomic mass is 16.5. The van der Waals surface area contributed by atoms with Crippen LogP contribution >= 0.6 is 0 Å². The molecule has 6 nitrogen and oxygen atoms in total. The summed E-state index contributed by atoms with van der Waals surface area (Å²) in [5, 5.41) is 11.1. The highest BCUT2D eigenvalue weighted by molar-refractivity contribution is 5.85. The quantitative estimate of drug-likeness (QED) is 0.572. The lowest BCUT2D eigenvalue weighted by Crippen LogP contribution is -2.42. The molecule has 20 heavy (non-hydrogen) atoms. The van der Waals surface area contributed by atoms with Gasteiger partial charge in [0.25, 0.3) is 0 Å². The fraction of sp³-hybridized carbons (Fsp3) is 0.429. The summed E-state index contributed by atoms with van der Waals surface area (Å²) in [4.78, 5) is 21.8. The second kappa shape index (κ2) is 9.06. The van der Waals surface area contributed by atoms with Crippen molar-refractivity contribution in [3.63, 3.8) is 0 Å². The van der Waals surface area contributed by atoms with Gasteiger partial charge in [-0.2, -0.15) is 0 Å². The SMILES string of the molecule is NC(CC(=O)O)C(=O)NCCCOCc1ccccc1. The van der Waals surface area contributed by atoms with Crippen LogP contribution in [0, 0.1) is 0 Å². The molecule has 1 amide bonds. The standard InChI is InChI=1S/C14H20N2O4/c15-12(9-13(17)18)14(19)16-7-4-8-20-10-11-5-2-1-3-6-11/h1-3,5-6,12H,4,7-10,15H2,(H,16,19)(H,17,18). The predicted octanol–water partition coefficient (Wildman–Crippen LogP) is 0.512. The van der Waals surface area contributed by atoms with E-state index in [1.54, 1.807) is 0 Å². The molecule has 0 spiro atoms. The normalized spacial score (nSPS) is 11.8. The van der Waals surface area contributed by atoms with Gasteiger partial charge in [0.05, 0.1) is 19.1 Å². The molecule has 0 radical (unpaired) electrons. The van der Waals surface area contributed by atoms with Gasteiger partial charge in [-0.3, -0.25) is 9.59 Å². The molecular formula is C14H20N2O4. The van der Waals surface area contributed by atoms with Gasteiger partial charge in [0.2, 0.25) is 5.91 Å². The summed E-state index contributed by atoms with van der Waals surface area (Å²) in [7, 11) is 0. The highest BCUT2D eigenvalue weighted by Gasteiger charge is 2.15. The average molecular weight is 280 g/mol. The molecule has 0 fully saturated rings. The van der Waals surface area contributed by atoms with Gasteiger partial charge >= 0.3 is 5.97 Å². The Hall–Kier alpha value is -1.92. The van der Waals surface area contributed by atoms with E-state index in [9.17, 15) is 9.59 Å². The van der Waals surface area contributed by atoms with Crippen LogP contribution in [0.4, 0.5) is 0 Å². The smallest absolute Gasteiger partial charge is 0.305 e. The Bertz CT molecular complexity index is 422. The Labute approximate surface area is 117 Å². The molecule has 0 heterocycles. The lowest BCUT2D eigenvalue weighted by atomic mass is 10.2. The van der Waals surface area contributed by atoms with Gasteiger partial charge in [0.1, 0.15) is 0 Å². The number of carboxylic acids is 1. The van der Waals surface area contributed by atoms with Crippen LogP contribution in [-0.4, -0.2) is 36.2 Å². The van der Waals surface area contributed by atoms with E-state index in [-0.39, 0.29) is 6.42 Å². The van der Waals surface area contributed by atoms with Crippen molar-refractivity contribution in [2.75, 3.05) is 13.2 Å². The summed E-state index contributed by atoms with van der Waals surface area (Å²) in [5.41, 5.74) is 6.51. The van der Waals surface area contributed by atoms with Crippen LogP contribution in [0.25, 0.3) is 0 Å². The Balaban J connectivity index is 2.04. The maximum absolute atomic E-state index is 11.4. The van der Waals surface area contributed by atoms with Crippen molar-refractivity contribution in [2.45, 2.75) is 25.5 Å². The molecular weight excluding hydrogens is 260 g/mol. The first kappa shape index (κ1) is 16.1. The largest absolute Gasteiger partial charge is 0.481 e. The van der Waals surface area contributed by atoms with Gasteiger partial charge in [0, 0.05) is 13.2 Å². The number of rotatable bonds is 9. The first-order valence-electron chi connectivity index (χ1n) is 6.46. The van der Waals surface area contributed by atoms with Crippen LogP contribution in [-0.2, 0) is 20.9 Å². The summed E-state index contributed by atoms with van der Waals surface area (Å²) < 4.78 is 5.45. The van der Waals surface area contributed by atoms with Gasteiger partial charge in [-0.15, -0.1) is 0 Å². The maximum Gasteiger partial charge on any atom is 0.305 e. The number of hydrogen-bond donors (Lipinski definition) is 3. The van der Waals surface area contributed by atoms with Crippen LogP contribution in [0.3, 0.4) is 0 Å². The second-order valence-corrected chi connectivity index (χ2v) is 4.39. The van der Waals surface area contributed by atoms with Crippen molar-refractivity contribution >= 4 is 11.9 Å². The molecule has 0 saturated carbocycles. The number of carbonyl (C=O) groups is 2. The van der Waals surface area contributed by atoms with Gasteiger partial charge in [-0.05, 0) is 12.0 Å². The average Bonchev–Trinajstić information content (AvgIpc) is 2.42. The lowest BCUT2D eigenvalue weighted by Gasteiger charge is -2.10. The van der Waals surface area contributed by atoms with E-state index in [4.69, 9.17) is 15.6 Å². The maximum atomic E-state index is 11.4. The van der Waals surface area contributed by atoms with Crippen molar-refractivity contribution in [1.82, 2.24) is 5.32 Å². The highest BCUT2D eigenvalue weighted by Crippen LogP contribution is 2.00. The van der Waals surface area contributed by atoms with Gasteiger partial charge in [0.15, 0.2) is 0 Å². The van der Waals surface area contributed by atoms with Gasteiger partial charge in [-0.25, -0.2) is 0 Å². The molecule has 4 N–H and O–H groups in total. The number of aliphatic carboxylic acids is 1. The zero-order chi connectivity index (χ0) is 14.8. The number of carboxylic acid groups (broad SMARTS) is 1. The Morgan fingerprint density at radius 3 is 2.65 bits per heavy atom. The van der Waals surface area contributed by atoms with Crippen LogP contribution in [0.2, 0.25) is 0 Å². The monoisotopic (exact) mass is 280 g/mol. The van der Waals surface area contributed by atoms with Crippen LogP contribution in [0.5, 0.6) is 0 Å². The summed E-state index contributed by atoms with van der Waals surface area (Å²) in [6, 6.07) is 8.79. The third-order valence-electron chi connectivity index (χ3n) is 2.61. The van der Waals surface area contributed by atoms with Crippen molar-refractivity contribution in [3.8, 4) is 0 Å². The Morgan fingerprint density at radius 2 is 2.00 bits per heavy atom. The minimum atomic E-state index is -1.08. The fourth-order valence-corrected chi connectivity index (χ4v) is 1.56. The first-order chi connectivity index (χ1) is 9.59. The van der Waals surface area contributed by atoms with Crippen LogP contribution < -0.4 is 11.1 Å². The van der Waals surface area contributed by atoms with E-state index in [2.05, 4.69) is 5.32 Å². The molecule has 1 rings (SSSR count). The van der Waals surface area contributed by atoms with E-state index in [1.165, 1.54) is 0 Å². The van der Waals surface area contributed by atoms with Gasteiger partial charge < -0.3 is 20.9 Å². The second-order valence-electron chi connectivity index (χ2n) is 4.39. The third kappa shape index (κ3) is 6.86. The number of carbonyl (C=O) groups excluding carboxylic acids is 1. The van der Waals surface area contributed by atoms with Crippen molar-refractivity contribution in [2.24, 2.45) is 5.73 Å². The Morgan fingerprint density at radius 1 is 1.30 bits per heavy atom. The van der Waals surface area contributed by atoms with E-state index in [0.29, 0.717) is 26.2 Å². The molecule has 1 aromatic carbocycles. The van der Waals surface area contributed by atoms with E-state index < -0.39 is 17.9 Å².